The van der Waals surface area contributed by atoms with Crippen LogP contribution in [-0.2, 0) is 19.8 Å². The van der Waals surface area contributed by atoms with E-state index in [4.69, 9.17) is 0 Å². The number of carbonyl (C=O) groups excluding carboxylic acids is 2. The molecule has 0 aromatic heterocycles. The summed E-state index contributed by atoms with van der Waals surface area (Å²) in [6.45, 7) is 1.33. The normalized spacial score (nSPS) is 18.6. The molecule has 120 valence electrons. The minimum absolute atomic E-state index is 0.242. The second kappa shape index (κ2) is 5.96. The Hall–Kier alpha value is -1.48. The molecule has 0 N–H and O–H groups in total. The molecule has 6 nitrogen and oxygen atoms in total. The summed E-state index contributed by atoms with van der Waals surface area (Å²) in [5.74, 6) is -1.09. The number of esters is 1. The quantitative estimate of drug-likeness (QED) is 0.578. The smallest absolute Gasteiger partial charge is 0.338 e. The van der Waals surface area contributed by atoms with Gasteiger partial charge < -0.3 is 9.64 Å². The molecule has 1 amide bonds. The molecule has 1 heterocycles. The van der Waals surface area contributed by atoms with Gasteiger partial charge in [-0.05, 0) is 24.6 Å². The fourth-order valence-electron chi connectivity index (χ4n) is 2.36. The lowest BCUT2D eigenvalue weighted by atomic mass is 10.1. The molecule has 1 aliphatic rings. The van der Waals surface area contributed by atoms with Gasteiger partial charge in [-0.25, -0.2) is 4.79 Å². The lowest BCUT2D eigenvalue weighted by molar-refractivity contribution is -0.117. The van der Waals surface area contributed by atoms with Crippen LogP contribution in [0.3, 0.4) is 0 Å². The highest BCUT2D eigenvalue weighted by molar-refractivity contribution is 9.10. The molecule has 0 saturated carbocycles. The van der Waals surface area contributed by atoms with Crippen molar-refractivity contribution in [3.05, 3.63) is 27.7 Å². The number of amides is 1. The molecule has 22 heavy (non-hydrogen) atoms. The molecule has 0 spiro atoms. The van der Waals surface area contributed by atoms with Crippen LogP contribution in [0.5, 0.6) is 0 Å². The van der Waals surface area contributed by atoms with E-state index in [9.17, 15) is 21.9 Å². The maximum Gasteiger partial charge on any atom is 0.338 e. The first kappa shape index (κ1) is 16.9. The van der Waals surface area contributed by atoms with Gasteiger partial charge in [-0.1, -0.05) is 15.9 Å². The van der Waals surface area contributed by atoms with Crippen LogP contribution in [0.4, 0.5) is 9.57 Å². The molecule has 1 fully saturated rings. The molecule has 2 rings (SSSR count). The molecule has 1 unspecified atom stereocenters. The minimum atomic E-state index is -4.80. The van der Waals surface area contributed by atoms with Crippen LogP contribution in [0.2, 0.25) is 0 Å². The highest BCUT2D eigenvalue weighted by Crippen LogP contribution is 2.33. The van der Waals surface area contributed by atoms with E-state index in [1.54, 1.807) is 13.0 Å². The lowest BCUT2D eigenvalue weighted by Crippen LogP contribution is -2.28. The van der Waals surface area contributed by atoms with Gasteiger partial charge in [-0.3, -0.25) is 4.79 Å². The number of hydrogen-bond donors (Lipinski definition) is 0. The topological polar surface area (TPSA) is 80.8 Å². The average molecular weight is 394 g/mol. The highest BCUT2D eigenvalue weighted by atomic mass is 79.9. The number of rotatable bonds is 3. The van der Waals surface area contributed by atoms with Crippen molar-refractivity contribution in [2.45, 2.75) is 18.6 Å². The maximum absolute atomic E-state index is 13.1. The van der Waals surface area contributed by atoms with Gasteiger partial charge in [-0.2, -0.15) is 8.42 Å². The largest absolute Gasteiger partial charge is 0.465 e. The molecule has 1 aromatic carbocycles. The minimum Gasteiger partial charge on any atom is -0.465 e. The third kappa shape index (κ3) is 3.14. The number of benzene rings is 1. The van der Waals surface area contributed by atoms with Gasteiger partial charge in [0.15, 0.2) is 0 Å². The molecule has 1 aliphatic heterocycles. The first-order valence-electron chi connectivity index (χ1n) is 6.27. The van der Waals surface area contributed by atoms with Crippen LogP contribution >= 0.6 is 15.9 Å². The zero-order valence-corrected chi connectivity index (χ0v) is 14.2. The van der Waals surface area contributed by atoms with Gasteiger partial charge in [0, 0.05) is 23.1 Å². The van der Waals surface area contributed by atoms with Crippen molar-refractivity contribution in [1.82, 2.24) is 0 Å². The Morgan fingerprint density at radius 3 is 2.59 bits per heavy atom. The van der Waals surface area contributed by atoms with Crippen LogP contribution in [0, 0.1) is 6.92 Å². The molecule has 9 heteroatoms. The Morgan fingerprint density at radius 2 is 2.09 bits per heavy atom. The average Bonchev–Trinajstić information content (AvgIpc) is 2.82. The van der Waals surface area contributed by atoms with Crippen LogP contribution in [-0.4, -0.2) is 39.2 Å². The molecule has 1 atom stereocenters. The Kier molecular flexibility index (Phi) is 4.57. The number of halogens is 2. The first-order chi connectivity index (χ1) is 10.1. The zero-order chi connectivity index (χ0) is 16.7. The van der Waals surface area contributed by atoms with Crippen molar-refractivity contribution >= 4 is 43.7 Å². The summed E-state index contributed by atoms with van der Waals surface area (Å²) in [4.78, 5) is 24.9. The maximum atomic E-state index is 13.1. The third-order valence-electron chi connectivity index (χ3n) is 3.53. The van der Waals surface area contributed by atoms with Gasteiger partial charge in [0.1, 0.15) is 5.25 Å². The summed E-state index contributed by atoms with van der Waals surface area (Å²) in [6, 6.07) is 3.11. The highest BCUT2D eigenvalue weighted by Gasteiger charge is 2.39. The van der Waals surface area contributed by atoms with Crippen molar-refractivity contribution in [2.75, 3.05) is 18.6 Å². The molecule has 0 aliphatic carbocycles. The van der Waals surface area contributed by atoms with E-state index in [0.717, 1.165) is 0 Å². The van der Waals surface area contributed by atoms with Crippen molar-refractivity contribution < 1.29 is 26.6 Å². The van der Waals surface area contributed by atoms with Crippen molar-refractivity contribution in [3.63, 3.8) is 0 Å². The van der Waals surface area contributed by atoms with Gasteiger partial charge >= 0.3 is 16.2 Å². The number of hydrogen-bond acceptors (Lipinski definition) is 5. The van der Waals surface area contributed by atoms with Crippen molar-refractivity contribution in [3.8, 4) is 0 Å². The van der Waals surface area contributed by atoms with Gasteiger partial charge in [0.05, 0.1) is 12.7 Å². The molecule has 1 aromatic rings. The summed E-state index contributed by atoms with van der Waals surface area (Å²) < 4.78 is 40.3. The summed E-state index contributed by atoms with van der Waals surface area (Å²) in [5.41, 5.74) is 1.05. The molecular weight excluding hydrogens is 381 g/mol. The van der Waals surface area contributed by atoms with Gasteiger partial charge in [0.25, 0.3) is 0 Å². The van der Waals surface area contributed by atoms with Gasteiger partial charge in [0.2, 0.25) is 5.91 Å². The molecule has 1 saturated heterocycles. The number of anilines is 1. The van der Waals surface area contributed by atoms with E-state index in [0.29, 0.717) is 15.7 Å². The summed E-state index contributed by atoms with van der Waals surface area (Å²) in [6.07, 6.45) is -0.418. The third-order valence-corrected chi connectivity index (χ3v) is 5.10. The van der Waals surface area contributed by atoms with Crippen LogP contribution < -0.4 is 4.90 Å². The molecule has 0 bridgehead atoms. The standard InChI is InChI=1S/C13H13BrFNO5S/c1-7-10(13(18)21-2)3-8(14)4-11(7)16-6-9(5-12(16)17)22(15,19)20/h3-4,9H,5-6H2,1-2H3. The first-order valence-corrected chi connectivity index (χ1v) is 8.51. The molecular formula is C13H13BrFNO5S. The van der Waals surface area contributed by atoms with E-state index in [1.165, 1.54) is 18.1 Å². The van der Waals surface area contributed by atoms with Crippen molar-refractivity contribution in [2.24, 2.45) is 0 Å². The summed E-state index contributed by atoms with van der Waals surface area (Å²) in [5, 5.41) is -1.39. The van der Waals surface area contributed by atoms with E-state index >= 15 is 0 Å². The van der Waals surface area contributed by atoms with E-state index in [1.807, 2.05) is 0 Å². The Labute approximate surface area is 135 Å². The Morgan fingerprint density at radius 1 is 1.45 bits per heavy atom. The predicted molar refractivity (Wildman–Crippen MR) is 81.0 cm³/mol. The molecule has 0 radical (unpaired) electrons. The lowest BCUT2D eigenvalue weighted by Gasteiger charge is -2.20. The van der Waals surface area contributed by atoms with E-state index < -0.39 is 33.8 Å². The fraction of sp³-hybridized carbons (Fsp3) is 0.385. The number of carbonyl (C=O) groups is 2. The Bertz CT molecular complexity index is 749. The second-order valence-electron chi connectivity index (χ2n) is 4.90. The second-order valence-corrected chi connectivity index (χ2v) is 7.43. The van der Waals surface area contributed by atoms with Crippen LogP contribution in [0.1, 0.15) is 22.3 Å². The van der Waals surface area contributed by atoms with E-state index in [-0.39, 0.29) is 12.1 Å². The number of ether oxygens (including phenoxy) is 1. The van der Waals surface area contributed by atoms with Crippen molar-refractivity contribution in [1.29, 1.82) is 0 Å². The Balaban J connectivity index is 2.48. The fourth-order valence-corrected chi connectivity index (χ4v) is 3.48. The monoisotopic (exact) mass is 393 g/mol. The van der Waals surface area contributed by atoms with Crippen LogP contribution in [0.25, 0.3) is 0 Å². The number of nitrogens with zero attached hydrogens (tertiary/aromatic N) is 1. The number of methoxy groups -OCH3 is 1. The SMILES string of the molecule is COC(=O)c1cc(Br)cc(N2CC(S(=O)(=O)F)CC2=O)c1C. The zero-order valence-electron chi connectivity index (χ0n) is 11.8. The summed E-state index contributed by atoms with van der Waals surface area (Å²) >= 11 is 3.23. The van der Waals surface area contributed by atoms with E-state index in [2.05, 4.69) is 20.7 Å². The summed E-state index contributed by atoms with van der Waals surface area (Å²) in [7, 11) is -3.57. The predicted octanol–water partition coefficient (Wildman–Crippen LogP) is 1.95. The van der Waals surface area contributed by atoms with Crippen LogP contribution in [0.15, 0.2) is 16.6 Å². The van der Waals surface area contributed by atoms with Gasteiger partial charge in [-0.15, -0.1) is 3.89 Å².